The van der Waals surface area contributed by atoms with Gasteiger partial charge in [-0.05, 0) is 111 Å². The lowest BCUT2D eigenvalue weighted by molar-refractivity contribution is 0.464. The zero-order valence-corrected chi connectivity index (χ0v) is 37.2. The van der Waals surface area contributed by atoms with E-state index in [2.05, 4.69) is 192 Å². The molecular formula is C60H33B3N2O5. The highest BCUT2D eigenvalue weighted by molar-refractivity contribution is 7.03. The minimum absolute atomic E-state index is 0.108. The molecular weight excluding hydrogens is 861 g/mol. The first kappa shape index (κ1) is 37.0. The molecule has 0 saturated heterocycles. The van der Waals surface area contributed by atoms with Crippen molar-refractivity contribution in [3.05, 3.63) is 200 Å². The van der Waals surface area contributed by atoms with E-state index in [-0.39, 0.29) is 20.1 Å². The average Bonchev–Trinajstić information content (AvgIpc) is 3.80. The predicted octanol–water partition coefficient (Wildman–Crippen LogP) is 9.12. The van der Waals surface area contributed by atoms with Crippen molar-refractivity contribution < 1.29 is 23.4 Å². The number of ether oxygens (including phenoxy) is 4. The van der Waals surface area contributed by atoms with Crippen molar-refractivity contribution in [2.75, 3.05) is 9.80 Å². The lowest BCUT2D eigenvalue weighted by Gasteiger charge is -2.45. The fourth-order valence-electron chi connectivity index (χ4n) is 12.7. The van der Waals surface area contributed by atoms with Gasteiger partial charge in [-0.3, -0.25) is 0 Å². The minimum Gasteiger partial charge on any atom is -0.458 e. The second-order valence-electron chi connectivity index (χ2n) is 19.0. The Labute approximate surface area is 402 Å². The van der Waals surface area contributed by atoms with E-state index in [1.54, 1.807) is 0 Å². The average molecular weight is 894 g/mol. The Morgan fingerprint density at radius 2 is 0.743 bits per heavy atom. The molecule has 6 aliphatic heterocycles. The Balaban J connectivity index is 0.989. The first-order valence-electron chi connectivity index (χ1n) is 23.9. The molecule has 6 aliphatic rings. The molecule has 0 aliphatic carbocycles. The van der Waals surface area contributed by atoms with Gasteiger partial charge < -0.3 is 33.2 Å². The zero-order chi connectivity index (χ0) is 45.3. The molecule has 11 aromatic rings. The van der Waals surface area contributed by atoms with E-state index in [0.717, 1.165) is 135 Å². The number of furan rings is 1. The van der Waals surface area contributed by atoms with Crippen LogP contribution in [0.3, 0.4) is 0 Å². The molecule has 70 heavy (non-hydrogen) atoms. The molecule has 0 radical (unpaired) electrons. The first-order chi connectivity index (χ1) is 34.7. The fourth-order valence-corrected chi connectivity index (χ4v) is 12.7. The van der Waals surface area contributed by atoms with Crippen LogP contribution in [0.2, 0.25) is 0 Å². The summed E-state index contributed by atoms with van der Waals surface area (Å²) >= 11 is 0. The van der Waals surface area contributed by atoms with Gasteiger partial charge in [0.2, 0.25) is 0 Å². The molecule has 0 unspecified atom stereocenters. The van der Waals surface area contributed by atoms with Crippen LogP contribution >= 0.6 is 0 Å². The van der Waals surface area contributed by atoms with Gasteiger partial charge in [-0.15, -0.1) is 0 Å². The molecule has 0 atom stereocenters. The summed E-state index contributed by atoms with van der Waals surface area (Å²) in [6.45, 7) is -0.442. The molecule has 0 spiro atoms. The highest BCUT2D eigenvalue weighted by Crippen LogP contribution is 2.49. The number of hydrogen-bond donors (Lipinski definition) is 0. The fraction of sp³-hybridized carbons (Fsp3) is 0. The zero-order valence-electron chi connectivity index (χ0n) is 37.2. The first-order valence-corrected chi connectivity index (χ1v) is 23.9. The highest BCUT2D eigenvalue weighted by Gasteiger charge is 2.49. The van der Waals surface area contributed by atoms with Crippen molar-refractivity contribution >= 4 is 125 Å². The molecule has 0 saturated carbocycles. The van der Waals surface area contributed by atoms with Crippen LogP contribution in [0.15, 0.2) is 205 Å². The molecule has 0 amide bonds. The van der Waals surface area contributed by atoms with Crippen LogP contribution in [0.4, 0.5) is 34.1 Å². The molecule has 7 nitrogen and oxygen atoms in total. The molecule has 322 valence electrons. The van der Waals surface area contributed by atoms with Gasteiger partial charge in [-0.1, -0.05) is 115 Å². The summed E-state index contributed by atoms with van der Waals surface area (Å²) in [5.41, 5.74) is 18.1. The van der Waals surface area contributed by atoms with Gasteiger partial charge in [-0.25, -0.2) is 0 Å². The maximum Gasteiger partial charge on any atom is 0.260 e. The number of benzene rings is 10. The van der Waals surface area contributed by atoms with Gasteiger partial charge in [0.1, 0.15) is 51.6 Å². The van der Waals surface area contributed by atoms with Crippen molar-refractivity contribution in [3.8, 4) is 46.0 Å². The normalized spacial score (nSPS) is 14.3. The Bertz CT molecular complexity index is 4160. The third kappa shape index (κ3) is 4.77. The number of rotatable bonds is 2. The molecule has 0 N–H and O–H groups in total. The van der Waals surface area contributed by atoms with Crippen LogP contribution < -0.4 is 77.9 Å². The second-order valence-corrected chi connectivity index (χ2v) is 19.0. The van der Waals surface area contributed by atoms with E-state index in [4.69, 9.17) is 23.4 Å². The Morgan fingerprint density at radius 1 is 0.286 bits per heavy atom. The molecule has 1 aromatic heterocycles. The van der Waals surface area contributed by atoms with E-state index in [0.29, 0.717) is 0 Å². The number of para-hydroxylation sites is 5. The quantitative estimate of drug-likeness (QED) is 0.161. The van der Waals surface area contributed by atoms with E-state index in [9.17, 15) is 0 Å². The maximum absolute atomic E-state index is 7.08. The number of nitrogens with zero attached hydrogens (tertiary/aromatic N) is 2. The summed E-state index contributed by atoms with van der Waals surface area (Å²) in [7, 11) is 0. The largest absolute Gasteiger partial charge is 0.458 e. The van der Waals surface area contributed by atoms with Crippen LogP contribution in [-0.4, -0.2) is 20.1 Å². The van der Waals surface area contributed by atoms with Gasteiger partial charge in [0.25, 0.3) is 20.1 Å². The molecule has 7 heterocycles. The molecule has 0 fully saturated rings. The van der Waals surface area contributed by atoms with E-state index < -0.39 is 0 Å². The van der Waals surface area contributed by atoms with E-state index in [1.807, 2.05) is 18.2 Å². The van der Waals surface area contributed by atoms with Crippen molar-refractivity contribution in [2.24, 2.45) is 0 Å². The molecule has 10 heteroatoms. The Morgan fingerprint density at radius 3 is 1.39 bits per heavy atom. The van der Waals surface area contributed by atoms with Gasteiger partial charge in [-0.2, -0.15) is 0 Å². The van der Waals surface area contributed by atoms with Gasteiger partial charge in [0, 0.05) is 62.3 Å². The lowest BCUT2D eigenvalue weighted by Crippen LogP contribution is -2.65. The van der Waals surface area contributed by atoms with Gasteiger partial charge >= 0.3 is 0 Å². The highest BCUT2D eigenvalue weighted by atomic mass is 16.5. The summed E-state index contributed by atoms with van der Waals surface area (Å²) < 4.78 is 34.2. The second kappa shape index (κ2) is 13.4. The lowest BCUT2D eigenvalue weighted by atomic mass is 9.29. The number of anilines is 6. The van der Waals surface area contributed by atoms with Crippen molar-refractivity contribution in [1.29, 1.82) is 0 Å². The summed E-state index contributed by atoms with van der Waals surface area (Å²) in [6.07, 6.45) is 0. The van der Waals surface area contributed by atoms with Crippen LogP contribution in [0.1, 0.15) is 0 Å². The van der Waals surface area contributed by atoms with Crippen molar-refractivity contribution in [3.63, 3.8) is 0 Å². The summed E-state index contributed by atoms with van der Waals surface area (Å²) in [5.74, 6) is 6.64. The third-order valence-corrected chi connectivity index (χ3v) is 15.5. The monoisotopic (exact) mass is 894 g/mol. The summed E-state index contributed by atoms with van der Waals surface area (Å²) in [6, 6.07) is 71.0. The molecule has 0 bridgehead atoms. The maximum atomic E-state index is 7.08. The topological polar surface area (TPSA) is 56.5 Å². The molecule has 17 rings (SSSR count). The standard InChI is InChI=1S/C60H33B3N2O5/c1-2-14-34(15-3-1)64-43-20-11-21-44-57(43)63(39-30-41-55(32-46(39)64)68-53-28-12-26-51-58(53)61(41)37-18-5-8-24-49(37)66-51)40-31-42-56(69-54-29-13-27-52-59(54)62(42)38-19-6-9-25-50(38)67-52)33-47(40)65(44)45-22-10-17-36-35-16-4-7-23-48(35)70-60(36)45/h1-33H. The van der Waals surface area contributed by atoms with E-state index >= 15 is 0 Å². The minimum atomic E-state index is -0.212. The van der Waals surface area contributed by atoms with Crippen molar-refractivity contribution in [2.45, 2.75) is 0 Å². The summed E-state index contributed by atoms with van der Waals surface area (Å²) in [5, 5.41) is 2.15. The smallest absolute Gasteiger partial charge is 0.260 e. The Kier molecular flexibility index (Phi) is 7.07. The number of hydrogen-bond acceptors (Lipinski definition) is 7. The Hall–Kier alpha value is -9.01. The van der Waals surface area contributed by atoms with E-state index in [1.165, 1.54) is 16.4 Å². The van der Waals surface area contributed by atoms with Crippen LogP contribution in [0.5, 0.6) is 46.0 Å². The predicted molar refractivity (Wildman–Crippen MR) is 283 cm³/mol. The van der Waals surface area contributed by atoms with Gasteiger partial charge in [0.05, 0.1) is 5.69 Å². The SMILES string of the molecule is c1ccc(N2c3cc4c(cc3B3c5cc6c(cc5N(c5cccc7c5oc5ccccc57)c5cccc2c53)Oc2cccc3c2B6c2ccccc2O3)B2c3ccccc3Oc3cccc(c32)O4)cc1. The van der Waals surface area contributed by atoms with Crippen LogP contribution in [-0.2, 0) is 0 Å². The van der Waals surface area contributed by atoms with Crippen molar-refractivity contribution in [1.82, 2.24) is 0 Å². The van der Waals surface area contributed by atoms with Gasteiger partial charge in [0.15, 0.2) is 5.58 Å². The number of fused-ring (bicyclic) bond motifs is 15. The molecule has 10 aromatic carbocycles. The third-order valence-electron chi connectivity index (χ3n) is 15.5. The van der Waals surface area contributed by atoms with Crippen LogP contribution in [0.25, 0.3) is 21.9 Å². The summed E-state index contributed by atoms with van der Waals surface area (Å²) in [4.78, 5) is 4.86. The van der Waals surface area contributed by atoms with Crippen LogP contribution in [0, 0.1) is 0 Å².